The van der Waals surface area contributed by atoms with Gasteiger partial charge in [-0.3, -0.25) is 9.69 Å². The molecule has 0 saturated carbocycles. The minimum Gasteiger partial charge on any atom is -0.508 e. The summed E-state index contributed by atoms with van der Waals surface area (Å²) in [6, 6.07) is 16.1. The smallest absolute Gasteiger partial charge is 0.224 e. The summed E-state index contributed by atoms with van der Waals surface area (Å²) in [5.41, 5.74) is 3.06. The van der Waals surface area contributed by atoms with Crippen LogP contribution in [-0.4, -0.2) is 28.5 Å². The highest BCUT2D eigenvalue weighted by Gasteiger charge is 2.17. The van der Waals surface area contributed by atoms with E-state index in [1.165, 1.54) is 31.4 Å². The first-order chi connectivity index (χ1) is 12.6. The molecular formula is C22H28N2O2. The molecule has 2 aromatic carbocycles. The van der Waals surface area contributed by atoms with Crippen LogP contribution in [0.1, 0.15) is 42.9 Å². The summed E-state index contributed by atoms with van der Waals surface area (Å²) < 4.78 is 0. The van der Waals surface area contributed by atoms with Crippen molar-refractivity contribution >= 4 is 5.91 Å². The van der Waals surface area contributed by atoms with Gasteiger partial charge in [0.25, 0.3) is 0 Å². The van der Waals surface area contributed by atoms with Crippen molar-refractivity contribution in [2.75, 3.05) is 6.54 Å². The Morgan fingerprint density at radius 2 is 1.85 bits per heavy atom. The summed E-state index contributed by atoms with van der Waals surface area (Å²) in [5, 5.41) is 12.7. The second-order valence-electron chi connectivity index (χ2n) is 7.21. The maximum Gasteiger partial charge on any atom is 0.224 e. The van der Waals surface area contributed by atoms with Crippen LogP contribution in [0.2, 0.25) is 0 Å². The zero-order chi connectivity index (χ0) is 18.4. The fourth-order valence-electron chi connectivity index (χ4n) is 3.49. The van der Waals surface area contributed by atoms with Crippen LogP contribution in [0.25, 0.3) is 0 Å². The largest absolute Gasteiger partial charge is 0.508 e. The van der Waals surface area contributed by atoms with Gasteiger partial charge in [0.15, 0.2) is 0 Å². The van der Waals surface area contributed by atoms with E-state index < -0.39 is 0 Å². The quantitative estimate of drug-likeness (QED) is 0.835. The molecule has 1 aliphatic heterocycles. The number of carbonyl (C=O) groups excluding carboxylic acids is 1. The van der Waals surface area contributed by atoms with Crippen molar-refractivity contribution in [3.8, 4) is 5.75 Å². The number of nitrogens with zero attached hydrogens (tertiary/aromatic N) is 1. The molecule has 3 rings (SSSR count). The minimum atomic E-state index is -0.0854. The third kappa shape index (κ3) is 5.09. The number of hydrogen-bond donors (Lipinski definition) is 2. The lowest BCUT2D eigenvalue weighted by molar-refractivity contribution is -0.120. The molecule has 1 aliphatic rings. The van der Waals surface area contributed by atoms with Gasteiger partial charge >= 0.3 is 0 Å². The van der Waals surface area contributed by atoms with Crippen molar-refractivity contribution in [3.63, 3.8) is 0 Å². The van der Waals surface area contributed by atoms with E-state index in [1.54, 1.807) is 18.2 Å². The number of rotatable bonds is 6. The summed E-state index contributed by atoms with van der Waals surface area (Å²) in [6.45, 7) is 5.01. The molecule has 0 aliphatic carbocycles. The predicted octanol–water partition coefficient (Wildman–Crippen LogP) is 3.63. The maximum absolute atomic E-state index is 12.1. The molecule has 2 N–H and O–H groups in total. The van der Waals surface area contributed by atoms with Gasteiger partial charge in [0.2, 0.25) is 5.91 Å². The Morgan fingerprint density at radius 3 is 2.58 bits per heavy atom. The van der Waals surface area contributed by atoms with Crippen molar-refractivity contribution in [2.45, 2.75) is 51.7 Å². The third-order valence-corrected chi connectivity index (χ3v) is 5.18. The average molecular weight is 352 g/mol. The molecular weight excluding hydrogens is 324 g/mol. The Bertz CT molecular complexity index is 727. The Kier molecular flexibility index (Phi) is 6.29. The number of benzene rings is 2. The number of aromatic hydroxyl groups is 1. The second kappa shape index (κ2) is 8.86. The highest BCUT2D eigenvalue weighted by Crippen LogP contribution is 2.19. The molecule has 2 aromatic rings. The minimum absolute atomic E-state index is 0.0854. The summed E-state index contributed by atoms with van der Waals surface area (Å²) in [7, 11) is 0. The lowest BCUT2D eigenvalue weighted by atomic mass is 10.0. The summed E-state index contributed by atoms with van der Waals surface area (Å²) in [4.78, 5) is 14.6. The number of hydrogen-bond acceptors (Lipinski definition) is 3. The molecule has 1 saturated heterocycles. The molecule has 1 amide bonds. The van der Waals surface area contributed by atoms with Crippen LogP contribution in [0.15, 0.2) is 48.5 Å². The van der Waals surface area contributed by atoms with E-state index in [0.717, 1.165) is 12.1 Å². The van der Waals surface area contributed by atoms with E-state index in [0.29, 0.717) is 18.2 Å². The Balaban J connectivity index is 1.48. The number of phenols is 1. The molecule has 1 fully saturated rings. The summed E-state index contributed by atoms with van der Waals surface area (Å²) >= 11 is 0. The normalized spacial score (nSPS) is 17.8. The number of amides is 1. The first-order valence-electron chi connectivity index (χ1n) is 9.47. The van der Waals surface area contributed by atoms with Crippen LogP contribution in [-0.2, 0) is 24.3 Å². The molecule has 0 bridgehead atoms. The predicted molar refractivity (Wildman–Crippen MR) is 104 cm³/mol. The van der Waals surface area contributed by atoms with E-state index >= 15 is 0 Å². The van der Waals surface area contributed by atoms with Gasteiger partial charge in [-0.15, -0.1) is 0 Å². The zero-order valence-corrected chi connectivity index (χ0v) is 15.4. The second-order valence-corrected chi connectivity index (χ2v) is 7.21. The molecule has 1 unspecified atom stereocenters. The van der Waals surface area contributed by atoms with Crippen molar-refractivity contribution in [1.82, 2.24) is 10.2 Å². The van der Waals surface area contributed by atoms with Crippen LogP contribution >= 0.6 is 0 Å². The highest BCUT2D eigenvalue weighted by molar-refractivity contribution is 5.79. The Hall–Kier alpha value is -2.33. The van der Waals surface area contributed by atoms with Crippen molar-refractivity contribution in [1.29, 1.82) is 0 Å². The van der Waals surface area contributed by atoms with Crippen LogP contribution in [0, 0.1) is 0 Å². The summed E-state index contributed by atoms with van der Waals surface area (Å²) in [5.74, 6) is 0.0802. The number of para-hydroxylation sites is 1. The standard InChI is InChI=1S/C22H28N2O2/c1-17-6-4-5-13-24(17)16-19-11-9-18(10-12-19)15-23-22(26)14-20-7-2-3-8-21(20)25/h2-3,7-12,17,25H,4-6,13-16H2,1H3,(H,23,26). The lowest BCUT2D eigenvalue weighted by Gasteiger charge is -2.33. The number of carbonyl (C=O) groups is 1. The molecule has 1 heterocycles. The van der Waals surface area contributed by atoms with Gasteiger partial charge in [-0.05, 0) is 43.5 Å². The van der Waals surface area contributed by atoms with E-state index in [9.17, 15) is 9.90 Å². The third-order valence-electron chi connectivity index (χ3n) is 5.18. The van der Waals surface area contributed by atoms with E-state index in [-0.39, 0.29) is 18.1 Å². The fraction of sp³-hybridized carbons (Fsp3) is 0.409. The van der Waals surface area contributed by atoms with Crippen LogP contribution in [0.3, 0.4) is 0 Å². The maximum atomic E-state index is 12.1. The van der Waals surface area contributed by atoms with E-state index in [2.05, 4.69) is 41.4 Å². The molecule has 1 atom stereocenters. The van der Waals surface area contributed by atoms with Crippen LogP contribution < -0.4 is 5.32 Å². The van der Waals surface area contributed by atoms with Gasteiger partial charge in [0, 0.05) is 24.7 Å². The zero-order valence-electron chi connectivity index (χ0n) is 15.4. The topological polar surface area (TPSA) is 52.6 Å². The number of nitrogens with one attached hydrogen (secondary N) is 1. The molecule has 0 radical (unpaired) electrons. The summed E-state index contributed by atoms with van der Waals surface area (Å²) in [6.07, 6.45) is 4.13. The van der Waals surface area contributed by atoms with Crippen molar-refractivity contribution in [2.24, 2.45) is 0 Å². The van der Waals surface area contributed by atoms with Crippen LogP contribution in [0.5, 0.6) is 5.75 Å². The number of piperidine rings is 1. The SMILES string of the molecule is CC1CCCCN1Cc1ccc(CNC(=O)Cc2ccccc2O)cc1. The highest BCUT2D eigenvalue weighted by atomic mass is 16.3. The van der Waals surface area contributed by atoms with Gasteiger partial charge < -0.3 is 10.4 Å². The number of likely N-dealkylation sites (tertiary alicyclic amines) is 1. The first kappa shape index (κ1) is 18.5. The molecule has 138 valence electrons. The number of phenolic OH excluding ortho intramolecular Hbond substituents is 1. The monoisotopic (exact) mass is 352 g/mol. The molecule has 4 nitrogen and oxygen atoms in total. The molecule has 4 heteroatoms. The fourth-order valence-corrected chi connectivity index (χ4v) is 3.49. The van der Waals surface area contributed by atoms with E-state index in [4.69, 9.17) is 0 Å². The van der Waals surface area contributed by atoms with Gasteiger partial charge in [0.1, 0.15) is 5.75 Å². The lowest BCUT2D eigenvalue weighted by Crippen LogP contribution is -2.36. The molecule has 0 spiro atoms. The van der Waals surface area contributed by atoms with Crippen LogP contribution in [0.4, 0.5) is 0 Å². The van der Waals surface area contributed by atoms with Crippen molar-refractivity contribution in [3.05, 3.63) is 65.2 Å². The van der Waals surface area contributed by atoms with E-state index in [1.807, 2.05) is 6.07 Å². The average Bonchev–Trinajstić information content (AvgIpc) is 2.65. The first-order valence-corrected chi connectivity index (χ1v) is 9.47. The Morgan fingerprint density at radius 1 is 1.12 bits per heavy atom. The van der Waals surface area contributed by atoms with Gasteiger partial charge in [-0.25, -0.2) is 0 Å². The van der Waals surface area contributed by atoms with Crippen molar-refractivity contribution < 1.29 is 9.90 Å². The van der Waals surface area contributed by atoms with Gasteiger partial charge in [0.05, 0.1) is 6.42 Å². The molecule has 26 heavy (non-hydrogen) atoms. The Labute approximate surface area is 155 Å². The van der Waals surface area contributed by atoms with Gasteiger partial charge in [-0.1, -0.05) is 48.9 Å². The molecule has 0 aromatic heterocycles. The van der Waals surface area contributed by atoms with Gasteiger partial charge in [-0.2, -0.15) is 0 Å².